The second-order valence-electron chi connectivity index (χ2n) is 14.0. The van der Waals surface area contributed by atoms with E-state index < -0.39 is 60.4 Å². The maximum atomic E-state index is 8.99. The van der Waals surface area contributed by atoms with Crippen molar-refractivity contribution in [2.24, 2.45) is 0 Å². The van der Waals surface area contributed by atoms with Crippen molar-refractivity contribution in [2.75, 3.05) is 18.0 Å². The van der Waals surface area contributed by atoms with Crippen molar-refractivity contribution in [3.05, 3.63) is 194 Å². The average Bonchev–Trinajstić information content (AvgIpc) is 4.12. The van der Waals surface area contributed by atoms with E-state index >= 15 is 0 Å². The molecule has 0 unspecified atom stereocenters. The molecule has 1 aliphatic rings. The number of para-hydroxylation sites is 4. The van der Waals surface area contributed by atoms with Crippen LogP contribution in [-0.4, -0.2) is 27.2 Å². The fourth-order valence-corrected chi connectivity index (χ4v) is 7.98. The van der Waals surface area contributed by atoms with Crippen LogP contribution < -0.4 is 14.2 Å². The van der Waals surface area contributed by atoms with Gasteiger partial charge in [0.05, 0.1) is 30.4 Å². The van der Waals surface area contributed by atoms with Gasteiger partial charge >= 0.3 is 0 Å². The number of nitrogens with zero attached hydrogens (tertiary/aromatic N) is 5. The monoisotopic (exact) mass is 952 g/mol. The van der Waals surface area contributed by atoms with Crippen molar-refractivity contribution in [1.29, 1.82) is 0 Å². The predicted octanol–water partition coefficient (Wildman–Crippen LogP) is 11.5. The first-order valence-electron chi connectivity index (χ1n) is 24.0. The third-order valence-corrected chi connectivity index (χ3v) is 10.6. The number of aromatic nitrogens is 4. The smallest absolute Gasteiger partial charge is 0.268 e. The second-order valence-corrected chi connectivity index (χ2v) is 14.0. The Morgan fingerprint density at radius 3 is 2.08 bits per heavy atom. The normalized spacial score (nSPS) is 15.0. The summed E-state index contributed by atoms with van der Waals surface area (Å²) in [6.45, 7) is 2.01. The van der Waals surface area contributed by atoms with Gasteiger partial charge in [0, 0.05) is 69.1 Å². The summed E-state index contributed by atoms with van der Waals surface area (Å²) in [5.74, 6) is 1.58. The van der Waals surface area contributed by atoms with Gasteiger partial charge in [-0.1, -0.05) is 127 Å². The van der Waals surface area contributed by atoms with Crippen LogP contribution in [0, 0.1) is 18.5 Å². The number of pyridine rings is 1. The standard InChI is InChI=1S/C52H37N5O.Pt/c1-3-15-37(16-4-1)43-22-14-23-44(38-17-5-2-6-18-38)52(43)56-36-55(48-25-9-10-26-49(48)56)40-19-13-20-41(33-40)58-42-27-28-46-45-21-7-8-24-47(45)57(50(46)35-42)51-34-39(29-30-53-51)54-31-11-12-32-54;/h1-10,13-30,34H,11-12,31-32H2;/q-2;/i1D,2D,3D,4D,5D,6D,15D,16D,17D,18D;. The minimum atomic E-state index is -0.569. The minimum Gasteiger partial charge on any atom is -0.510 e. The summed E-state index contributed by atoms with van der Waals surface area (Å²) in [5.41, 5.74) is 4.76. The van der Waals surface area contributed by atoms with Crippen LogP contribution in [0.4, 0.5) is 5.69 Å². The third kappa shape index (κ3) is 6.60. The van der Waals surface area contributed by atoms with Crippen LogP contribution in [-0.2, 0) is 21.1 Å². The van der Waals surface area contributed by atoms with E-state index in [0.717, 1.165) is 59.2 Å². The molecule has 1 aliphatic heterocycles. The summed E-state index contributed by atoms with van der Waals surface area (Å²) in [6, 6.07) is 35.4. The van der Waals surface area contributed by atoms with Crippen molar-refractivity contribution in [2.45, 2.75) is 12.8 Å². The Balaban J connectivity index is 0.00000553. The number of rotatable bonds is 8. The van der Waals surface area contributed by atoms with Gasteiger partial charge in [-0.05, 0) is 58.3 Å². The van der Waals surface area contributed by atoms with Crippen molar-refractivity contribution in [1.82, 2.24) is 14.1 Å². The molecule has 59 heavy (non-hydrogen) atoms. The maximum Gasteiger partial charge on any atom is 0.268 e. The van der Waals surface area contributed by atoms with Crippen molar-refractivity contribution >= 4 is 38.5 Å². The molecule has 10 aromatic rings. The molecule has 0 aliphatic carbocycles. The number of hydrogen-bond donors (Lipinski definition) is 0. The molecular weight excluding hydrogens is 906 g/mol. The molecule has 6 nitrogen and oxygen atoms in total. The van der Waals surface area contributed by atoms with Crippen LogP contribution in [0.25, 0.3) is 72.3 Å². The molecule has 3 aromatic heterocycles. The molecule has 288 valence electrons. The Morgan fingerprint density at radius 1 is 0.644 bits per heavy atom. The van der Waals surface area contributed by atoms with Crippen molar-refractivity contribution in [3.8, 4) is 50.9 Å². The summed E-state index contributed by atoms with van der Waals surface area (Å²) in [7, 11) is 0. The Kier molecular flexibility index (Phi) is 7.12. The van der Waals surface area contributed by atoms with E-state index in [1.54, 1.807) is 39.5 Å². The molecule has 0 saturated carbocycles. The number of ether oxygens (including phenoxy) is 1. The molecule has 0 radical (unpaired) electrons. The molecule has 7 aromatic carbocycles. The van der Waals surface area contributed by atoms with E-state index in [9.17, 15) is 0 Å². The molecule has 0 bridgehead atoms. The van der Waals surface area contributed by atoms with E-state index in [-0.39, 0.29) is 49.0 Å². The molecule has 4 heterocycles. The zero-order valence-electron chi connectivity index (χ0n) is 41.3. The molecule has 11 rings (SSSR count). The van der Waals surface area contributed by atoms with Gasteiger partial charge in [-0.3, -0.25) is 4.57 Å². The van der Waals surface area contributed by atoms with E-state index in [2.05, 4.69) is 52.2 Å². The first-order valence-corrected chi connectivity index (χ1v) is 19.0. The SMILES string of the molecule is [2H]c1c([2H])c([2H])c(-c2cccc(-c3c([2H])c([2H])c([2H])c([2H])c3[2H])c2-[n+]2[c-]n(-c3[c-]c(Oc4[c-]c5c(cc4)c4ccccc4n5-c4cc(N5CCCC5)ccn4)ccc3)c3ccccc32)c([2H])c1[2H].[Pt]. The van der Waals surface area contributed by atoms with E-state index in [1.165, 1.54) is 0 Å². The largest absolute Gasteiger partial charge is 0.510 e. The number of anilines is 1. The topological polar surface area (TPSA) is 39.1 Å². The number of hydrogen-bond acceptors (Lipinski definition) is 3. The van der Waals surface area contributed by atoms with Crippen molar-refractivity contribution in [3.63, 3.8) is 0 Å². The number of fused-ring (bicyclic) bond motifs is 4. The molecule has 0 spiro atoms. The number of benzene rings is 7. The van der Waals surface area contributed by atoms with Crippen LogP contribution in [0.2, 0.25) is 0 Å². The minimum absolute atomic E-state index is 0. The van der Waals surface area contributed by atoms with Gasteiger partial charge in [0.2, 0.25) is 0 Å². The van der Waals surface area contributed by atoms with Gasteiger partial charge in [0.1, 0.15) is 5.82 Å². The van der Waals surface area contributed by atoms with Crippen molar-refractivity contribution < 1.29 is 44.1 Å². The predicted molar refractivity (Wildman–Crippen MR) is 232 cm³/mol. The molecule has 0 N–H and O–H groups in total. The molecule has 0 amide bonds. The van der Waals surface area contributed by atoms with E-state index in [1.807, 2.05) is 60.8 Å². The molecule has 1 fully saturated rings. The van der Waals surface area contributed by atoms with Crippen LogP contribution in [0.15, 0.2) is 176 Å². The molecule has 1 saturated heterocycles. The summed E-state index contributed by atoms with van der Waals surface area (Å²) >= 11 is 0. The maximum absolute atomic E-state index is 8.99. The van der Waals surface area contributed by atoms with Gasteiger partial charge < -0.3 is 18.8 Å². The van der Waals surface area contributed by atoms with E-state index in [4.69, 9.17) is 23.4 Å². The fraction of sp³-hybridized carbons (Fsp3) is 0.0769. The Hall–Kier alpha value is -6.75. The quantitative estimate of drug-likeness (QED) is 0.113. The Labute approximate surface area is 371 Å². The van der Waals surface area contributed by atoms with Gasteiger partial charge in [-0.2, -0.15) is 18.2 Å². The summed E-state index contributed by atoms with van der Waals surface area (Å²) in [4.78, 5) is 7.20. The van der Waals surface area contributed by atoms with Crippen LogP contribution >= 0.6 is 0 Å². The average molecular weight is 953 g/mol. The van der Waals surface area contributed by atoms with Crippen LogP contribution in [0.5, 0.6) is 11.5 Å². The zero-order chi connectivity index (χ0) is 47.1. The first kappa shape index (κ1) is 27.0. The van der Waals surface area contributed by atoms with Gasteiger partial charge in [0.25, 0.3) is 6.33 Å². The molecular formula is C52H37N5OPt-2. The zero-order valence-corrected chi connectivity index (χ0v) is 33.5. The molecule has 7 heteroatoms. The second kappa shape index (κ2) is 15.5. The van der Waals surface area contributed by atoms with E-state index in [0.29, 0.717) is 28.2 Å². The van der Waals surface area contributed by atoms with Gasteiger partial charge in [-0.15, -0.1) is 29.7 Å². The van der Waals surface area contributed by atoms with Crippen LogP contribution in [0.3, 0.4) is 0 Å². The first-order chi connectivity index (χ1) is 32.9. The third-order valence-electron chi connectivity index (χ3n) is 10.6. The Morgan fingerprint density at radius 2 is 1.32 bits per heavy atom. The fourth-order valence-electron chi connectivity index (χ4n) is 7.98. The van der Waals surface area contributed by atoms with Crippen LogP contribution in [0.1, 0.15) is 26.5 Å². The summed E-state index contributed by atoms with van der Waals surface area (Å²) in [6.07, 6.45) is 7.56. The van der Waals surface area contributed by atoms with Gasteiger partial charge in [-0.25, -0.2) is 4.98 Å². The van der Waals surface area contributed by atoms with Gasteiger partial charge in [0.15, 0.2) is 0 Å². The molecule has 0 atom stereocenters. The summed E-state index contributed by atoms with van der Waals surface area (Å²) in [5, 5.41) is 2.04. The number of imidazole rings is 1. The Bertz CT molecular complexity index is 3570. The summed E-state index contributed by atoms with van der Waals surface area (Å²) < 4.78 is 98.8.